The van der Waals surface area contributed by atoms with Gasteiger partial charge in [-0.25, -0.2) is 4.98 Å². The van der Waals surface area contributed by atoms with Crippen molar-refractivity contribution in [3.63, 3.8) is 0 Å². The maximum atomic E-state index is 12.2. The van der Waals surface area contributed by atoms with Crippen molar-refractivity contribution in [3.05, 3.63) is 23.9 Å². The molecule has 1 saturated heterocycles. The van der Waals surface area contributed by atoms with Crippen LogP contribution in [0.15, 0.2) is 18.3 Å². The summed E-state index contributed by atoms with van der Waals surface area (Å²) in [5.74, 6) is -0.878. The lowest BCUT2D eigenvalue weighted by atomic mass is 10.2. The molecule has 0 aromatic carbocycles. The van der Waals surface area contributed by atoms with Gasteiger partial charge in [0.05, 0.1) is 12.7 Å². The maximum Gasteiger partial charge on any atom is 0.422 e. The van der Waals surface area contributed by atoms with Crippen LogP contribution in [0.2, 0.25) is 0 Å². The molecule has 1 N–H and O–H groups in total. The lowest BCUT2D eigenvalue weighted by molar-refractivity contribution is -0.154. The average Bonchev–Trinajstić information content (AvgIpc) is 3.09. The first-order valence-electron chi connectivity index (χ1n) is 8.08. The number of nitrogens with zero attached hydrogens (tertiary/aromatic N) is 1. The number of hydrogen-bond acceptors (Lipinski definition) is 5. The molecular weight excluding hydrogens is 341 g/mol. The Morgan fingerprint density at radius 2 is 2.28 bits per heavy atom. The zero-order chi connectivity index (χ0) is 18.1. The Balaban J connectivity index is 1.69. The van der Waals surface area contributed by atoms with Crippen LogP contribution in [0.25, 0.3) is 0 Å². The van der Waals surface area contributed by atoms with Gasteiger partial charge in [-0.2, -0.15) is 13.2 Å². The maximum absolute atomic E-state index is 12.2. The van der Waals surface area contributed by atoms with Crippen LogP contribution < -0.4 is 10.1 Å². The normalized spacial score (nSPS) is 17.5. The predicted octanol–water partition coefficient (Wildman–Crippen LogP) is 2.34. The summed E-state index contributed by atoms with van der Waals surface area (Å²) in [6.45, 7) is 0.601. The molecule has 1 fully saturated rings. The molecule has 1 amide bonds. The van der Waals surface area contributed by atoms with Gasteiger partial charge in [0.15, 0.2) is 6.61 Å². The SMILES string of the molecule is O=C(NCCCOCC1CCCO1)c1cccnc1OCC(F)(F)F. The largest absolute Gasteiger partial charge is 0.467 e. The Kier molecular flexibility index (Phi) is 7.45. The summed E-state index contributed by atoms with van der Waals surface area (Å²) < 4.78 is 52.2. The summed E-state index contributed by atoms with van der Waals surface area (Å²) in [6.07, 6.45) is -0.449. The molecule has 1 aliphatic rings. The van der Waals surface area contributed by atoms with E-state index in [1.807, 2.05) is 0 Å². The number of pyridine rings is 1. The van der Waals surface area contributed by atoms with Gasteiger partial charge >= 0.3 is 6.18 Å². The van der Waals surface area contributed by atoms with Crippen LogP contribution in [0.5, 0.6) is 5.88 Å². The van der Waals surface area contributed by atoms with Crippen molar-refractivity contribution in [2.75, 3.05) is 33.0 Å². The number of hydrogen-bond donors (Lipinski definition) is 1. The molecule has 25 heavy (non-hydrogen) atoms. The van der Waals surface area contributed by atoms with Crippen LogP contribution in [0.3, 0.4) is 0 Å². The standard InChI is InChI=1S/C16H21F3N2O4/c17-16(18,19)11-25-15-13(5-1-6-21-15)14(22)20-7-3-8-23-10-12-4-2-9-24-12/h1,5-6,12H,2-4,7-11H2,(H,20,22). The molecule has 0 bridgehead atoms. The number of ether oxygens (including phenoxy) is 3. The minimum absolute atomic E-state index is 0.0352. The van der Waals surface area contributed by atoms with Gasteiger partial charge in [0.2, 0.25) is 5.88 Å². The number of nitrogens with one attached hydrogen (secondary N) is 1. The molecule has 1 aliphatic heterocycles. The zero-order valence-electron chi connectivity index (χ0n) is 13.7. The van der Waals surface area contributed by atoms with Gasteiger partial charge in [-0.05, 0) is 31.4 Å². The first kappa shape index (κ1) is 19.5. The second-order valence-corrected chi connectivity index (χ2v) is 5.58. The van der Waals surface area contributed by atoms with E-state index in [1.165, 1.54) is 18.3 Å². The summed E-state index contributed by atoms with van der Waals surface area (Å²) in [5.41, 5.74) is -0.0352. The van der Waals surface area contributed by atoms with Crippen molar-refractivity contribution in [3.8, 4) is 5.88 Å². The number of carbonyl (C=O) groups is 1. The van der Waals surface area contributed by atoms with E-state index in [1.54, 1.807) is 0 Å². The zero-order valence-corrected chi connectivity index (χ0v) is 13.7. The molecular formula is C16H21F3N2O4. The smallest absolute Gasteiger partial charge is 0.422 e. The van der Waals surface area contributed by atoms with E-state index in [0.717, 1.165) is 19.4 Å². The predicted molar refractivity (Wildman–Crippen MR) is 82.5 cm³/mol. The lowest BCUT2D eigenvalue weighted by Crippen LogP contribution is -2.27. The Morgan fingerprint density at radius 3 is 3.00 bits per heavy atom. The summed E-state index contributed by atoms with van der Waals surface area (Å²) in [6, 6.07) is 2.82. The molecule has 1 unspecified atom stereocenters. The Morgan fingerprint density at radius 1 is 1.44 bits per heavy atom. The number of amides is 1. The fourth-order valence-electron chi connectivity index (χ4n) is 2.29. The van der Waals surface area contributed by atoms with Crippen LogP contribution in [-0.4, -0.2) is 56.1 Å². The van der Waals surface area contributed by atoms with Crippen molar-refractivity contribution < 1.29 is 32.2 Å². The molecule has 6 nitrogen and oxygen atoms in total. The van der Waals surface area contributed by atoms with Gasteiger partial charge in [0, 0.05) is 26.0 Å². The van der Waals surface area contributed by atoms with Crippen LogP contribution in [-0.2, 0) is 9.47 Å². The van der Waals surface area contributed by atoms with Gasteiger partial charge in [-0.3, -0.25) is 4.79 Å². The van der Waals surface area contributed by atoms with E-state index in [2.05, 4.69) is 15.0 Å². The highest BCUT2D eigenvalue weighted by Crippen LogP contribution is 2.19. The van der Waals surface area contributed by atoms with Crippen LogP contribution in [0.4, 0.5) is 13.2 Å². The molecule has 140 valence electrons. The number of aromatic nitrogens is 1. The molecule has 9 heteroatoms. The minimum Gasteiger partial charge on any atom is -0.467 e. The Bertz CT molecular complexity index is 548. The van der Waals surface area contributed by atoms with Gasteiger partial charge < -0.3 is 19.5 Å². The summed E-state index contributed by atoms with van der Waals surface area (Å²) in [5, 5.41) is 2.61. The molecule has 0 spiro atoms. The quantitative estimate of drug-likeness (QED) is 0.683. The average molecular weight is 362 g/mol. The highest BCUT2D eigenvalue weighted by atomic mass is 19.4. The topological polar surface area (TPSA) is 69.7 Å². The molecule has 1 aromatic rings. The van der Waals surface area contributed by atoms with E-state index >= 15 is 0 Å². The van der Waals surface area contributed by atoms with Gasteiger partial charge in [0.25, 0.3) is 5.91 Å². The van der Waals surface area contributed by atoms with Crippen LogP contribution >= 0.6 is 0 Å². The molecule has 1 aromatic heterocycles. The van der Waals surface area contributed by atoms with Gasteiger partial charge in [-0.1, -0.05) is 0 Å². The van der Waals surface area contributed by atoms with E-state index in [0.29, 0.717) is 26.2 Å². The summed E-state index contributed by atoms with van der Waals surface area (Å²) in [4.78, 5) is 15.7. The first-order chi connectivity index (χ1) is 12.0. The molecule has 0 radical (unpaired) electrons. The number of carbonyl (C=O) groups excluding carboxylic acids is 1. The first-order valence-corrected chi connectivity index (χ1v) is 8.08. The third-order valence-corrected chi connectivity index (χ3v) is 3.47. The summed E-state index contributed by atoms with van der Waals surface area (Å²) in [7, 11) is 0. The second kappa shape index (κ2) is 9.57. The Hall–Kier alpha value is -1.87. The Labute approximate surface area is 143 Å². The summed E-state index contributed by atoms with van der Waals surface area (Å²) >= 11 is 0. The van der Waals surface area contributed by atoms with Crippen molar-refractivity contribution in [2.45, 2.75) is 31.5 Å². The highest BCUT2D eigenvalue weighted by molar-refractivity contribution is 5.96. The number of rotatable bonds is 9. The fourth-order valence-corrected chi connectivity index (χ4v) is 2.29. The third kappa shape index (κ3) is 7.27. The molecule has 2 rings (SSSR count). The lowest BCUT2D eigenvalue weighted by Gasteiger charge is -2.12. The molecule has 0 saturated carbocycles. The second-order valence-electron chi connectivity index (χ2n) is 5.58. The van der Waals surface area contributed by atoms with Crippen LogP contribution in [0.1, 0.15) is 29.6 Å². The van der Waals surface area contributed by atoms with Crippen LogP contribution in [0, 0.1) is 0 Å². The highest BCUT2D eigenvalue weighted by Gasteiger charge is 2.29. The molecule has 0 aliphatic carbocycles. The van der Waals surface area contributed by atoms with Crippen molar-refractivity contribution in [1.82, 2.24) is 10.3 Å². The van der Waals surface area contributed by atoms with E-state index in [-0.39, 0.29) is 17.5 Å². The number of halogens is 3. The van der Waals surface area contributed by atoms with Crippen molar-refractivity contribution in [1.29, 1.82) is 0 Å². The molecule has 1 atom stereocenters. The fraction of sp³-hybridized carbons (Fsp3) is 0.625. The van der Waals surface area contributed by atoms with E-state index < -0.39 is 18.7 Å². The third-order valence-electron chi connectivity index (χ3n) is 3.47. The molecule has 2 heterocycles. The van der Waals surface area contributed by atoms with Crippen molar-refractivity contribution in [2.24, 2.45) is 0 Å². The number of alkyl halides is 3. The van der Waals surface area contributed by atoms with E-state index in [4.69, 9.17) is 9.47 Å². The van der Waals surface area contributed by atoms with Crippen molar-refractivity contribution >= 4 is 5.91 Å². The monoisotopic (exact) mass is 362 g/mol. The minimum atomic E-state index is -4.49. The van der Waals surface area contributed by atoms with E-state index in [9.17, 15) is 18.0 Å². The van der Waals surface area contributed by atoms with Gasteiger partial charge in [0.1, 0.15) is 5.56 Å². The van der Waals surface area contributed by atoms with Gasteiger partial charge in [-0.15, -0.1) is 0 Å².